The SMILES string of the molecule is C/C(NC1CCN(C(=O)OC(C)(C)C)CC1)=C(/C=N)c1cc(O[C@H](C)c2ccccn2)c2c(C#N)cnn2c1. The Hall–Kier alpha value is -4.39. The topological polar surface area (TPSA) is 129 Å². The average Bonchev–Trinajstić information content (AvgIpc) is 3.32. The summed E-state index contributed by atoms with van der Waals surface area (Å²) in [4.78, 5) is 18.5. The van der Waals surface area contributed by atoms with Crippen LogP contribution in [-0.4, -0.2) is 56.5 Å². The van der Waals surface area contributed by atoms with E-state index in [1.807, 2.05) is 58.9 Å². The molecule has 10 nitrogen and oxygen atoms in total. The number of rotatable bonds is 7. The quantitative estimate of drug-likeness (QED) is 0.407. The monoisotopic (exact) mass is 529 g/mol. The predicted molar refractivity (Wildman–Crippen MR) is 149 cm³/mol. The first-order valence-electron chi connectivity index (χ1n) is 13.0. The first kappa shape index (κ1) is 27.6. The predicted octanol–water partition coefficient (Wildman–Crippen LogP) is 5.11. The lowest BCUT2D eigenvalue weighted by atomic mass is 10.0. The van der Waals surface area contributed by atoms with Crippen molar-refractivity contribution < 1.29 is 14.3 Å². The highest BCUT2D eigenvalue weighted by Crippen LogP contribution is 2.31. The summed E-state index contributed by atoms with van der Waals surface area (Å²) in [5.41, 5.74) is 3.44. The van der Waals surface area contributed by atoms with Gasteiger partial charge in [0.05, 0.1) is 11.9 Å². The normalized spacial score (nSPS) is 15.7. The number of pyridine rings is 2. The van der Waals surface area contributed by atoms with Crippen LogP contribution in [0.3, 0.4) is 0 Å². The molecule has 0 aromatic carbocycles. The fourth-order valence-electron chi connectivity index (χ4n) is 4.60. The van der Waals surface area contributed by atoms with Crippen molar-refractivity contribution in [2.24, 2.45) is 0 Å². The Labute approximate surface area is 228 Å². The highest BCUT2D eigenvalue weighted by Gasteiger charge is 2.27. The Morgan fingerprint density at radius 1 is 1.31 bits per heavy atom. The lowest BCUT2D eigenvalue weighted by Gasteiger charge is -2.34. The van der Waals surface area contributed by atoms with E-state index >= 15 is 0 Å². The summed E-state index contributed by atoms with van der Waals surface area (Å²) in [6, 6.07) is 9.81. The molecule has 4 heterocycles. The van der Waals surface area contributed by atoms with Crippen LogP contribution >= 0.6 is 0 Å². The highest BCUT2D eigenvalue weighted by atomic mass is 16.6. The molecule has 1 saturated heterocycles. The zero-order valence-electron chi connectivity index (χ0n) is 23.1. The fraction of sp³-hybridized carbons (Fsp3) is 0.414. The number of nitriles is 1. The maximum Gasteiger partial charge on any atom is 0.410 e. The molecule has 0 spiro atoms. The smallest absolute Gasteiger partial charge is 0.410 e. The molecule has 1 aliphatic rings. The minimum Gasteiger partial charge on any atom is -0.482 e. The van der Waals surface area contributed by atoms with Crippen molar-refractivity contribution in [3.8, 4) is 11.8 Å². The van der Waals surface area contributed by atoms with Gasteiger partial charge in [0.2, 0.25) is 0 Å². The lowest BCUT2D eigenvalue weighted by Crippen LogP contribution is -2.46. The van der Waals surface area contributed by atoms with Gasteiger partial charge in [-0.2, -0.15) is 10.4 Å². The molecule has 0 bridgehead atoms. The van der Waals surface area contributed by atoms with Gasteiger partial charge in [0, 0.05) is 54.6 Å². The molecular weight excluding hydrogens is 494 g/mol. The second-order valence-corrected chi connectivity index (χ2v) is 10.6. The second kappa shape index (κ2) is 11.6. The number of nitrogens with one attached hydrogen (secondary N) is 2. The van der Waals surface area contributed by atoms with E-state index in [2.05, 4.69) is 21.5 Å². The molecule has 3 aromatic rings. The molecule has 39 heavy (non-hydrogen) atoms. The maximum atomic E-state index is 12.4. The molecule has 1 atom stereocenters. The van der Waals surface area contributed by atoms with Gasteiger partial charge < -0.3 is 25.1 Å². The zero-order valence-corrected chi connectivity index (χ0v) is 23.1. The summed E-state index contributed by atoms with van der Waals surface area (Å²) >= 11 is 0. The molecule has 0 aliphatic carbocycles. The van der Waals surface area contributed by atoms with Crippen LogP contribution in [0.15, 0.2) is 48.6 Å². The van der Waals surface area contributed by atoms with Gasteiger partial charge in [0.15, 0.2) is 0 Å². The molecule has 3 aromatic heterocycles. The Morgan fingerprint density at radius 3 is 2.67 bits per heavy atom. The first-order chi connectivity index (χ1) is 18.6. The average molecular weight is 530 g/mol. The Morgan fingerprint density at radius 2 is 2.05 bits per heavy atom. The number of nitrogens with zero attached hydrogens (tertiary/aromatic N) is 5. The van der Waals surface area contributed by atoms with E-state index in [-0.39, 0.29) is 18.2 Å². The standard InChI is InChI=1S/C29H35N7O3/c1-19(34-23-9-12-35(13-10-23)28(37)39-29(3,4)5)24(16-31)21-14-26(27-22(15-30)17-33-36(27)18-21)38-20(2)25-8-6-7-11-32-25/h6-8,11,14,16-18,20,23,31,34H,9-10,12-13H2,1-5H3/b24-19+,31-16?/t20-/m1/s1. The van der Waals surface area contributed by atoms with Crippen LogP contribution in [0.25, 0.3) is 11.1 Å². The molecule has 0 saturated carbocycles. The van der Waals surface area contributed by atoms with Crippen molar-refractivity contribution >= 4 is 23.4 Å². The number of carbonyl (C=O) groups is 1. The van der Waals surface area contributed by atoms with E-state index in [1.165, 1.54) is 12.4 Å². The van der Waals surface area contributed by atoms with Gasteiger partial charge in [-0.3, -0.25) is 4.98 Å². The van der Waals surface area contributed by atoms with E-state index in [1.54, 1.807) is 21.8 Å². The molecule has 10 heteroatoms. The number of hydrogen-bond acceptors (Lipinski definition) is 8. The van der Waals surface area contributed by atoms with E-state index in [0.29, 0.717) is 35.5 Å². The van der Waals surface area contributed by atoms with E-state index in [4.69, 9.17) is 14.9 Å². The van der Waals surface area contributed by atoms with Crippen LogP contribution in [0, 0.1) is 16.7 Å². The number of aromatic nitrogens is 3. The van der Waals surface area contributed by atoms with E-state index < -0.39 is 5.60 Å². The molecule has 2 N–H and O–H groups in total. The minimum atomic E-state index is -0.522. The van der Waals surface area contributed by atoms with Crippen molar-refractivity contribution in [3.05, 3.63) is 65.4 Å². The summed E-state index contributed by atoms with van der Waals surface area (Å²) < 4.78 is 13.4. The third-order valence-corrected chi connectivity index (χ3v) is 6.53. The molecular formula is C29H35N7O3. The molecule has 0 radical (unpaired) electrons. The zero-order chi connectivity index (χ0) is 28.2. The lowest BCUT2D eigenvalue weighted by molar-refractivity contribution is 0.0201. The molecule has 204 valence electrons. The molecule has 4 rings (SSSR count). The molecule has 1 amide bonds. The number of piperidine rings is 1. The van der Waals surface area contributed by atoms with Gasteiger partial charge in [-0.1, -0.05) is 6.07 Å². The number of likely N-dealkylation sites (tertiary alicyclic amines) is 1. The maximum absolute atomic E-state index is 12.4. The number of amides is 1. The molecule has 0 unspecified atom stereocenters. The molecule has 1 aliphatic heterocycles. The molecule has 1 fully saturated rings. The van der Waals surface area contributed by atoms with Gasteiger partial charge in [0.1, 0.15) is 34.6 Å². The summed E-state index contributed by atoms with van der Waals surface area (Å²) in [6.07, 6.45) is 7.20. The summed E-state index contributed by atoms with van der Waals surface area (Å²) in [6.45, 7) is 10.6. The number of fused-ring (bicyclic) bond motifs is 1. The van der Waals surface area contributed by atoms with Gasteiger partial charge in [-0.15, -0.1) is 0 Å². The van der Waals surface area contributed by atoms with E-state index in [9.17, 15) is 10.1 Å². The van der Waals surface area contributed by atoms with Crippen molar-refractivity contribution in [2.75, 3.05) is 13.1 Å². The second-order valence-electron chi connectivity index (χ2n) is 10.6. The van der Waals surface area contributed by atoms with Crippen molar-refractivity contribution in [3.63, 3.8) is 0 Å². The Balaban J connectivity index is 1.57. The summed E-state index contributed by atoms with van der Waals surface area (Å²) in [5, 5.41) is 25.7. The number of carbonyl (C=O) groups excluding carboxylic acids is 1. The van der Waals surface area contributed by atoms with Gasteiger partial charge in [-0.25, -0.2) is 9.31 Å². The van der Waals surface area contributed by atoms with Crippen LogP contribution < -0.4 is 10.1 Å². The Kier molecular flexibility index (Phi) is 8.19. The van der Waals surface area contributed by atoms with Crippen molar-refractivity contribution in [1.82, 2.24) is 24.8 Å². The van der Waals surface area contributed by atoms with Crippen molar-refractivity contribution in [2.45, 2.75) is 65.2 Å². The summed E-state index contributed by atoms with van der Waals surface area (Å²) in [7, 11) is 0. The van der Waals surface area contributed by atoms with Crippen LogP contribution in [0.1, 0.15) is 70.4 Å². The Bertz CT molecular complexity index is 1410. The number of ether oxygens (including phenoxy) is 2. The highest BCUT2D eigenvalue weighted by molar-refractivity contribution is 6.09. The van der Waals surface area contributed by atoms with Gasteiger partial charge in [0.25, 0.3) is 0 Å². The minimum absolute atomic E-state index is 0.150. The van der Waals surface area contributed by atoms with Crippen molar-refractivity contribution in [1.29, 1.82) is 10.7 Å². The van der Waals surface area contributed by atoms with Crippen LogP contribution in [0.5, 0.6) is 5.75 Å². The third-order valence-electron chi connectivity index (χ3n) is 6.53. The van der Waals surface area contributed by atoms with Crippen LogP contribution in [-0.2, 0) is 4.74 Å². The third kappa shape index (κ3) is 6.55. The number of hydrogen-bond donors (Lipinski definition) is 2. The van der Waals surface area contributed by atoms with Gasteiger partial charge >= 0.3 is 6.09 Å². The fourth-order valence-corrected chi connectivity index (χ4v) is 4.60. The summed E-state index contributed by atoms with van der Waals surface area (Å²) in [5.74, 6) is 0.484. The van der Waals surface area contributed by atoms with E-state index in [0.717, 1.165) is 29.8 Å². The van der Waals surface area contributed by atoms with Crippen LogP contribution in [0.2, 0.25) is 0 Å². The van der Waals surface area contributed by atoms with Crippen LogP contribution in [0.4, 0.5) is 4.79 Å². The van der Waals surface area contributed by atoms with Gasteiger partial charge in [-0.05, 0) is 65.7 Å². The number of allylic oxidation sites excluding steroid dienone is 2. The first-order valence-corrected chi connectivity index (χ1v) is 13.0. The largest absolute Gasteiger partial charge is 0.482 e.